The van der Waals surface area contributed by atoms with E-state index in [1.165, 1.54) is 55.9 Å². The minimum absolute atomic E-state index is 0.00370. The topological polar surface area (TPSA) is 107 Å². The van der Waals surface area contributed by atoms with Crippen molar-refractivity contribution in [2.75, 3.05) is 7.11 Å². The molecule has 4 heterocycles. The first kappa shape index (κ1) is 28.2. The van der Waals surface area contributed by atoms with Gasteiger partial charge in [0.25, 0.3) is 10.0 Å². The second-order valence-electron chi connectivity index (χ2n) is 9.08. The van der Waals surface area contributed by atoms with Gasteiger partial charge in [-0.25, -0.2) is 22.4 Å². The Morgan fingerprint density at radius 1 is 0.976 bits per heavy atom. The number of aryl methyl sites for hydroxylation is 2. The van der Waals surface area contributed by atoms with E-state index in [4.69, 9.17) is 4.74 Å². The van der Waals surface area contributed by atoms with Crippen LogP contribution in [-0.2, 0) is 29.0 Å². The van der Waals surface area contributed by atoms with Crippen molar-refractivity contribution in [3.05, 3.63) is 113 Å². The van der Waals surface area contributed by atoms with Gasteiger partial charge in [0.05, 0.1) is 18.2 Å². The highest BCUT2D eigenvalue weighted by Crippen LogP contribution is 2.34. The number of pyridine rings is 3. The lowest BCUT2D eigenvalue weighted by Gasteiger charge is -2.12. The quantitative estimate of drug-likeness (QED) is 0.199. The lowest BCUT2D eigenvalue weighted by Crippen LogP contribution is -2.12. The largest absolute Gasteiger partial charge is 0.495 e. The molecule has 0 bridgehead atoms. The summed E-state index contributed by atoms with van der Waals surface area (Å²) in [6.07, 6.45) is -2.06. The minimum atomic E-state index is -4.54. The smallest absolute Gasteiger partial charge is 0.433 e. The number of alkyl halides is 3. The first-order valence-electron chi connectivity index (χ1n) is 12.2. The van der Waals surface area contributed by atoms with E-state index in [1.54, 1.807) is 18.2 Å². The van der Waals surface area contributed by atoms with Crippen molar-refractivity contribution in [3.63, 3.8) is 0 Å². The first-order valence-corrected chi connectivity index (χ1v) is 13.6. The summed E-state index contributed by atoms with van der Waals surface area (Å²) in [5, 5.41) is 11.4. The summed E-state index contributed by atoms with van der Waals surface area (Å²) in [5.74, 6) is -0.685. The van der Waals surface area contributed by atoms with Gasteiger partial charge in [-0.3, -0.25) is 4.98 Å². The van der Waals surface area contributed by atoms with E-state index in [0.29, 0.717) is 17.0 Å². The van der Waals surface area contributed by atoms with Crippen molar-refractivity contribution < 1.29 is 35.8 Å². The van der Waals surface area contributed by atoms with E-state index < -0.39 is 33.9 Å². The highest BCUT2D eigenvalue weighted by atomic mass is 32.2. The Balaban J connectivity index is 1.45. The highest BCUT2D eigenvalue weighted by Gasteiger charge is 2.32. The molecular weight excluding hydrogens is 564 g/mol. The number of halogens is 4. The van der Waals surface area contributed by atoms with Crippen LogP contribution in [0.1, 0.15) is 34.2 Å². The molecule has 1 N–H and O–H groups in total. The predicted molar refractivity (Wildman–Crippen MR) is 140 cm³/mol. The van der Waals surface area contributed by atoms with E-state index in [0.717, 1.165) is 16.2 Å². The molecular formula is C28H22F4N4O4S. The van der Waals surface area contributed by atoms with Crippen LogP contribution in [0.25, 0.3) is 11.0 Å². The Morgan fingerprint density at radius 2 is 1.73 bits per heavy atom. The summed E-state index contributed by atoms with van der Waals surface area (Å²) in [6, 6.07) is 14.1. The third kappa shape index (κ3) is 5.63. The number of hydrogen-bond acceptors (Lipinski definition) is 7. The molecule has 1 aromatic carbocycles. The maximum atomic E-state index is 15.2. The van der Waals surface area contributed by atoms with E-state index in [2.05, 4.69) is 15.0 Å². The van der Waals surface area contributed by atoms with Crippen LogP contribution in [0.3, 0.4) is 0 Å². The molecule has 5 aromatic rings. The van der Waals surface area contributed by atoms with Gasteiger partial charge in [-0.2, -0.15) is 17.6 Å². The van der Waals surface area contributed by atoms with Crippen LogP contribution in [0.15, 0.2) is 84.1 Å². The number of fused-ring (bicyclic) bond motifs is 1. The number of ether oxygens (including phenoxy) is 1. The number of aliphatic hydroxyl groups excluding tert-OH is 1. The van der Waals surface area contributed by atoms with Gasteiger partial charge in [0.1, 0.15) is 17.5 Å². The van der Waals surface area contributed by atoms with Crippen molar-refractivity contribution >= 4 is 21.1 Å². The van der Waals surface area contributed by atoms with Crippen LogP contribution in [-0.4, -0.2) is 39.6 Å². The monoisotopic (exact) mass is 586 g/mol. The fourth-order valence-corrected chi connectivity index (χ4v) is 5.66. The molecule has 212 valence electrons. The van der Waals surface area contributed by atoms with Crippen molar-refractivity contribution in [2.24, 2.45) is 0 Å². The van der Waals surface area contributed by atoms with Crippen LogP contribution in [0, 0.1) is 5.95 Å². The third-order valence-corrected chi connectivity index (χ3v) is 8.13. The van der Waals surface area contributed by atoms with Crippen molar-refractivity contribution in [1.82, 2.24) is 18.9 Å². The van der Waals surface area contributed by atoms with Gasteiger partial charge in [-0.05, 0) is 54.8 Å². The summed E-state index contributed by atoms with van der Waals surface area (Å²) in [7, 11) is -2.71. The molecule has 0 saturated carbocycles. The zero-order valence-corrected chi connectivity index (χ0v) is 22.2. The zero-order chi connectivity index (χ0) is 29.4. The SMILES string of the molecule is COc1cnc2c(c1)c(C(O)c1ccc(CCc3ccc(C(F)(F)F)nc3)nc1F)cn2S(=O)(=O)c1ccccc1. The number of nitrogens with zero attached hydrogens (tertiary/aromatic N) is 4. The summed E-state index contributed by atoms with van der Waals surface area (Å²) in [5.41, 5.74) is -0.318. The van der Waals surface area contributed by atoms with Gasteiger partial charge in [-0.15, -0.1) is 0 Å². The Kier molecular flexibility index (Phi) is 7.49. The standard InChI is InChI=1S/C28H22F4N4O4S/c1-40-19-13-22-23(16-36(27(22)34-15-19)41(38,39)20-5-3-2-4-6-20)25(37)21-11-10-18(35-26(21)29)9-7-17-8-12-24(33-14-17)28(30,31)32/h2-6,8,10-16,25,37H,7,9H2,1H3. The second kappa shape index (κ2) is 10.9. The molecule has 13 heteroatoms. The fourth-order valence-electron chi connectivity index (χ4n) is 4.31. The zero-order valence-electron chi connectivity index (χ0n) is 21.4. The molecule has 41 heavy (non-hydrogen) atoms. The fraction of sp³-hybridized carbons (Fsp3) is 0.179. The molecule has 8 nitrogen and oxygen atoms in total. The average molecular weight is 587 g/mol. The molecule has 4 aromatic heterocycles. The maximum absolute atomic E-state index is 15.2. The van der Waals surface area contributed by atoms with Gasteiger partial charge in [-0.1, -0.05) is 24.3 Å². The predicted octanol–water partition coefficient (Wildman–Crippen LogP) is 5.10. The average Bonchev–Trinajstić information content (AvgIpc) is 3.36. The second-order valence-corrected chi connectivity index (χ2v) is 10.9. The molecule has 0 aliphatic carbocycles. The van der Waals surface area contributed by atoms with Gasteiger partial charge in [0, 0.05) is 34.6 Å². The number of methoxy groups -OCH3 is 1. The highest BCUT2D eigenvalue weighted by molar-refractivity contribution is 7.90. The van der Waals surface area contributed by atoms with Gasteiger partial charge in [0.15, 0.2) is 5.65 Å². The first-order chi connectivity index (χ1) is 19.5. The van der Waals surface area contributed by atoms with E-state index in [9.17, 15) is 26.7 Å². The molecule has 0 spiro atoms. The molecule has 0 radical (unpaired) electrons. The van der Waals surface area contributed by atoms with Crippen molar-refractivity contribution in [2.45, 2.75) is 30.0 Å². The number of rotatable bonds is 8. The molecule has 0 aliphatic rings. The molecule has 0 saturated heterocycles. The molecule has 0 aliphatic heterocycles. The Hall–Kier alpha value is -4.36. The Labute approximate surface area is 232 Å². The van der Waals surface area contributed by atoms with Gasteiger partial charge < -0.3 is 9.84 Å². The van der Waals surface area contributed by atoms with Gasteiger partial charge in [0.2, 0.25) is 5.95 Å². The molecule has 1 atom stereocenters. The van der Waals surface area contributed by atoms with Crippen LogP contribution in [0.5, 0.6) is 5.75 Å². The van der Waals surface area contributed by atoms with Crippen LogP contribution in [0.2, 0.25) is 0 Å². The molecule has 5 rings (SSSR count). The summed E-state index contributed by atoms with van der Waals surface area (Å²) in [4.78, 5) is 11.5. The van der Waals surface area contributed by atoms with Crippen molar-refractivity contribution in [3.8, 4) is 5.75 Å². The Morgan fingerprint density at radius 3 is 2.37 bits per heavy atom. The summed E-state index contributed by atoms with van der Waals surface area (Å²) >= 11 is 0. The lowest BCUT2D eigenvalue weighted by atomic mass is 10.0. The maximum Gasteiger partial charge on any atom is 0.433 e. The number of hydrogen-bond donors (Lipinski definition) is 1. The number of aliphatic hydroxyl groups is 1. The summed E-state index contributed by atoms with van der Waals surface area (Å²) in [6.45, 7) is 0. The van der Waals surface area contributed by atoms with Crippen LogP contribution < -0.4 is 4.74 Å². The molecule has 1 unspecified atom stereocenters. The van der Waals surface area contributed by atoms with E-state index in [1.807, 2.05) is 0 Å². The van der Waals surface area contributed by atoms with E-state index in [-0.39, 0.29) is 39.9 Å². The Bertz CT molecular complexity index is 1810. The normalized spacial score (nSPS) is 12.9. The van der Waals surface area contributed by atoms with Crippen molar-refractivity contribution in [1.29, 1.82) is 0 Å². The molecule has 0 fully saturated rings. The molecule has 0 amide bonds. The van der Waals surface area contributed by atoms with Gasteiger partial charge >= 0.3 is 6.18 Å². The number of benzene rings is 1. The lowest BCUT2D eigenvalue weighted by molar-refractivity contribution is -0.141. The third-order valence-electron chi connectivity index (χ3n) is 6.46. The number of aromatic nitrogens is 4. The van der Waals surface area contributed by atoms with Crippen LogP contribution in [0.4, 0.5) is 17.6 Å². The minimum Gasteiger partial charge on any atom is -0.495 e. The van der Waals surface area contributed by atoms with E-state index >= 15 is 4.39 Å². The van der Waals surface area contributed by atoms with Crippen LogP contribution >= 0.6 is 0 Å². The summed E-state index contributed by atoms with van der Waals surface area (Å²) < 4.78 is 86.3.